The number of rotatable bonds is 4. The van der Waals surface area contributed by atoms with Gasteiger partial charge in [-0.2, -0.15) is 0 Å². The Labute approximate surface area is 63.9 Å². The topological polar surface area (TPSA) is 26.3 Å². The van der Waals surface area contributed by atoms with E-state index in [9.17, 15) is 4.79 Å². The van der Waals surface area contributed by atoms with Crippen LogP contribution in [0.15, 0.2) is 0 Å². The number of alkyl halides is 1. The number of carbonyl (C=O) groups is 1. The summed E-state index contributed by atoms with van der Waals surface area (Å²) in [5, 5.41) is 0. The SMILES string of the molecule is COC(=O)CSCCCl. The van der Waals surface area contributed by atoms with E-state index in [1.165, 1.54) is 18.9 Å². The number of esters is 1. The maximum atomic E-state index is 10.4. The minimum absolute atomic E-state index is 0.190. The average molecular weight is 169 g/mol. The van der Waals surface area contributed by atoms with Crippen LogP contribution in [0.4, 0.5) is 0 Å². The molecule has 0 heterocycles. The van der Waals surface area contributed by atoms with Crippen LogP contribution in [0.5, 0.6) is 0 Å². The summed E-state index contributed by atoms with van der Waals surface area (Å²) in [6.07, 6.45) is 0. The van der Waals surface area contributed by atoms with Crippen molar-refractivity contribution in [1.29, 1.82) is 0 Å². The molecule has 0 unspecified atom stereocenters. The fourth-order valence-corrected chi connectivity index (χ4v) is 1.13. The van der Waals surface area contributed by atoms with Crippen molar-refractivity contribution in [2.75, 3.05) is 24.5 Å². The van der Waals surface area contributed by atoms with Crippen LogP contribution in [-0.4, -0.2) is 30.5 Å². The molecule has 0 fully saturated rings. The van der Waals surface area contributed by atoms with Crippen molar-refractivity contribution in [2.24, 2.45) is 0 Å². The zero-order valence-electron chi connectivity index (χ0n) is 5.22. The first-order chi connectivity index (χ1) is 4.31. The van der Waals surface area contributed by atoms with Crippen molar-refractivity contribution in [3.63, 3.8) is 0 Å². The lowest BCUT2D eigenvalue weighted by Crippen LogP contribution is -2.03. The minimum Gasteiger partial charge on any atom is -0.468 e. The Balaban J connectivity index is 2.97. The normalized spacial score (nSPS) is 9.11. The molecular weight excluding hydrogens is 160 g/mol. The van der Waals surface area contributed by atoms with E-state index >= 15 is 0 Å². The monoisotopic (exact) mass is 168 g/mol. The highest BCUT2D eigenvalue weighted by atomic mass is 35.5. The number of hydrogen-bond donors (Lipinski definition) is 0. The summed E-state index contributed by atoms with van der Waals surface area (Å²) in [6.45, 7) is 0. The largest absolute Gasteiger partial charge is 0.468 e. The second-order valence-corrected chi connectivity index (χ2v) is 2.80. The van der Waals surface area contributed by atoms with Crippen LogP contribution in [0, 0.1) is 0 Å². The minimum atomic E-state index is -0.190. The van der Waals surface area contributed by atoms with Gasteiger partial charge in [0.25, 0.3) is 0 Å². The number of methoxy groups -OCH3 is 1. The Kier molecular flexibility index (Phi) is 6.31. The number of ether oxygens (including phenoxy) is 1. The van der Waals surface area contributed by atoms with E-state index in [-0.39, 0.29) is 5.97 Å². The molecule has 0 aliphatic rings. The van der Waals surface area contributed by atoms with Gasteiger partial charge in [-0.1, -0.05) is 0 Å². The number of thioether (sulfide) groups is 1. The molecule has 9 heavy (non-hydrogen) atoms. The number of hydrogen-bond acceptors (Lipinski definition) is 3. The van der Waals surface area contributed by atoms with Crippen molar-refractivity contribution >= 4 is 29.3 Å². The summed E-state index contributed by atoms with van der Waals surface area (Å²) in [4.78, 5) is 10.4. The molecule has 0 rings (SSSR count). The third-order valence-corrected chi connectivity index (χ3v) is 2.01. The molecule has 0 radical (unpaired) electrons. The van der Waals surface area contributed by atoms with E-state index in [0.29, 0.717) is 11.6 Å². The number of halogens is 1. The van der Waals surface area contributed by atoms with Crippen molar-refractivity contribution in [3.05, 3.63) is 0 Å². The maximum Gasteiger partial charge on any atom is 0.315 e. The lowest BCUT2D eigenvalue weighted by atomic mass is 10.8. The molecule has 0 aliphatic carbocycles. The van der Waals surface area contributed by atoms with E-state index in [4.69, 9.17) is 11.6 Å². The molecule has 0 saturated carbocycles. The molecule has 0 saturated heterocycles. The highest BCUT2D eigenvalue weighted by Crippen LogP contribution is 1.99. The van der Waals surface area contributed by atoms with Gasteiger partial charge in [0.2, 0.25) is 0 Å². The van der Waals surface area contributed by atoms with Crippen LogP contribution < -0.4 is 0 Å². The van der Waals surface area contributed by atoms with Crippen LogP contribution in [0.1, 0.15) is 0 Å². The molecule has 0 N–H and O–H groups in total. The third-order valence-electron chi connectivity index (χ3n) is 0.669. The first-order valence-corrected chi connectivity index (χ1v) is 4.20. The quantitative estimate of drug-likeness (QED) is 0.358. The molecule has 0 aromatic carbocycles. The fourth-order valence-electron chi connectivity index (χ4n) is 0.269. The van der Waals surface area contributed by atoms with Crippen LogP contribution in [-0.2, 0) is 9.53 Å². The van der Waals surface area contributed by atoms with Gasteiger partial charge in [-0.15, -0.1) is 23.4 Å². The second-order valence-electron chi connectivity index (χ2n) is 1.32. The predicted molar refractivity (Wildman–Crippen MR) is 40.1 cm³/mol. The molecule has 0 bridgehead atoms. The lowest BCUT2D eigenvalue weighted by Gasteiger charge is -1.95. The third kappa shape index (κ3) is 5.99. The molecule has 2 nitrogen and oxygen atoms in total. The zero-order chi connectivity index (χ0) is 7.11. The van der Waals surface area contributed by atoms with Crippen LogP contribution in [0.2, 0.25) is 0 Å². The van der Waals surface area contributed by atoms with E-state index < -0.39 is 0 Å². The van der Waals surface area contributed by atoms with Gasteiger partial charge < -0.3 is 4.74 Å². The van der Waals surface area contributed by atoms with Gasteiger partial charge in [-0.3, -0.25) is 4.79 Å². The molecule has 0 aliphatic heterocycles. The zero-order valence-corrected chi connectivity index (χ0v) is 6.80. The fraction of sp³-hybridized carbons (Fsp3) is 0.800. The first kappa shape index (κ1) is 9.11. The Morgan fingerprint density at radius 2 is 2.44 bits per heavy atom. The predicted octanol–water partition coefficient (Wildman–Crippen LogP) is 1.13. The Morgan fingerprint density at radius 1 is 1.78 bits per heavy atom. The Morgan fingerprint density at radius 3 is 2.89 bits per heavy atom. The van der Waals surface area contributed by atoms with Gasteiger partial charge >= 0.3 is 5.97 Å². The summed E-state index contributed by atoms with van der Waals surface area (Å²) in [5.74, 6) is 1.60. The van der Waals surface area contributed by atoms with Crippen molar-refractivity contribution < 1.29 is 9.53 Å². The first-order valence-electron chi connectivity index (χ1n) is 2.51. The van der Waals surface area contributed by atoms with Gasteiger partial charge in [0.1, 0.15) is 0 Å². The molecule has 0 aromatic heterocycles. The van der Waals surface area contributed by atoms with Gasteiger partial charge in [0.05, 0.1) is 12.9 Å². The van der Waals surface area contributed by atoms with Crippen LogP contribution in [0.25, 0.3) is 0 Å². The van der Waals surface area contributed by atoms with E-state index in [1.807, 2.05) is 0 Å². The Bertz CT molecular complexity index is 87.0. The maximum absolute atomic E-state index is 10.4. The standard InChI is InChI=1S/C5H9ClO2S/c1-8-5(7)4-9-3-2-6/h2-4H2,1H3. The van der Waals surface area contributed by atoms with Gasteiger partial charge in [-0.05, 0) is 0 Å². The smallest absolute Gasteiger partial charge is 0.315 e. The Hall–Kier alpha value is 0.110. The van der Waals surface area contributed by atoms with Crippen molar-refractivity contribution in [2.45, 2.75) is 0 Å². The van der Waals surface area contributed by atoms with Gasteiger partial charge in [0.15, 0.2) is 0 Å². The summed E-state index contributed by atoms with van der Waals surface area (Å²) < 4.78 is 4.39. The summed E-state index contributed by atoms with van der Waals surface area (Å²) in [5.41, 5.74) is 0. The van der Waals surface area contributed by atoms with Crippen LogP contribution >= 0.6 is 23.4 Å². The molecule has 4 heteroatoms. The van der Waals surface area contributed by atoms with Gasteiger partial charge in [0, 0.05) is 11.6 Å². The highest BCUT2D eigenvalue weighted by molar-refractivity contribution is 8.00. The summed E-state index contributed by atoms with van der Waals surface area (Å²) in [7, 11) is 1.38. The lowest BCUT2D eigenvalue weighted by molar-refractivity contribution is -0.137. The number of carbonyl (C=O) groups excluding carboxylic acids is 1. The average Bonchev–Trinajstić information content (AvgIpc) is 1.89. The molecule has 54 valence electrons. The van der Waals surface area contributed by atoms with Crippen LogP contribution in [0.3, 0.4) is 0 Å². The second kappa shape index (κ2) is 6.23. The molecule has 0 atom stereocenters. The van der Waals surface area contributed by atoms with Crippen molar-refractivity contribution in [1.82, 2.24) is 0 Å². The highest BCUT2D eigenvalue weighted by Gasteiger charge is 1.97. The molecule has 0 spiro atoms. The van der Waals surface area contributed by atoms with E-state index in [0.717, 1.165) is 5.75 Å². The van der Waals surface area contributed by atoms with Gasteiger partial charge in [-0.25, -0.2) is 0 Å². The summed E-state index contributed by atoms with van der Waals surface area (Å²) in [6, 6.07) is 0. The molecule has 0 amide bonds. The molecular formula is C5H9ClO2S. The molecule has 0 aromatic rings. The van der Waals surface area contributed by atoms with E-state index in [1.54, 1.807) is 0 Å². The van der Waals surface area contributed by atoms with E-state index in [2.05, 4.69) is 4.74 Å². The van der Waals surface area contributed by atoms with Crippen molar-refractivity contribution in [3.8, 4) is 0 Å². The summed E-state index contributed by atoms with van der Waals surface area (Å²) >= 11 is 6.83.